The molecule has 0 saturated carbocycles. The Balaban J connectivity index is 2.31. The molecule has 0 bridgehead atoms. The van der Waals surface area contributed by atoms with E-state index in [1.807, 2.05) is 11.4 Å². The predicted octanol–water partition coefficient (Wildman–Crippen LogP) is 3.68. The molecule has 0 saturated heterocycles. The van der Waals surface area contributed by atoms with Gasteiger partial charge in [0.1, 0.15) is 0 Å². The minimum atomic E-state index is 0.890. The largest absolute Gasteiger partial charge is 0.298 e. The van der Waals surface area contributed by atoms with Gasteiger partial charge in [-0.1, -0.05) is 26.2 Å². The number of carbonyl (C=O) groups is 1. The van der Waals surface area contributed by atoms with Crippen LogP contribution < -0.4 is 0 Å². The third-order valence-corrected chi connectivity index (χ3v) is 3.16. The second-order valence-electron chi connectivity index (χ2n) is 3.23. The Kier molecular flexibility index (Phi) is 4.76. The van der Waals surface area contributed by atoms with E-state index in [2.05, 4.69) is 6.92 Å². The molecule has 0 spiro atoms. The van der Waals surface area contributed by atoms with Crippen molar-refractivity contribution in [3.8, 4) is 0 Å². The lowest BCUT2D eigenvalue weighted by Gasteiger charge is -1.98. The summed E-state index contributed by atoms with van der Waals surface area (Å²) >= 11 is 1.70. The summed E-state index contributed by atoms with van der Waals surface area (Å²) < 4.78 is 0. The van der Waals surface area contributed by atoms with Gasteiger partial charge in [0, 0.05) is 10.4 Å². The lowest BCUT2D eigenvalue weighted by Crippen LogP contribution is -1.86. The van der Waals surface area contributed by atoms with Gasteiger partial charge in [-0.2, -0.15) is 0 Å². The Hall–Kier alpha value is -0.630. The zero-order valence-electron chi connectivity index (χ0n) is 8.08. The van der Waals surface area contributed by atoms with E-state index in [9.17, 15) is 4.79 Å². The van der Waals surface area contributed by atoms with Crippen LogP contribution in [-0.2, 0) is 6.42 Å². The Bertz CT molecular complexity index is 252. The Morgan fingerprint density at radius 1 is 1.38 bits per heavy atom. The Morgan fingerprint density at radius 2 is 2.23 bits per heavy atom. The van der Waals surface area contributed by atoms with E-state index in [0.29, 0.717) is 0 Å². The van der Waals surface area contributed by atoms with E-state index in [0.717, 1.165) is 18.3 Å². The first-order valence-corrected chi connectivity index (χ1v) is 5.78. The summed E-state index contributed by atoms with van der Waals surface area (Å²) in [4.78, 5) is 11.8. The third-order valence-electron chi connectivity index (χ3n) is 2.16. The monoisotopic (exact) mass is 196 g/mol. The molecule has 13 heavy (non-hydrogen) atoms. The average molecular weight is 196 g/mol. The van der Waals surface area contributed by atoms with Crippen molar-refractivity contribution in [2.45, 2.75) is 39.0 Å². The number of hydrogen-bond donors (Lipinski definition) is 0. The Labute approximate surface area is 83.8 Å². The highest BCUT2D eigenvalue weighted by atomic mass is 32.1. The SMILES string of the molecule is CCCCCCc1sccc1C=O. The first-order chi connectivity index (χ1) is 6.38. The van der Waals surface area contributed by atoms with Gasteiger partial charge in [0.25, 0.3) is 0 Å². The summed E-state index contributed by atoms with van der Waals surface area (Å²) in [5.74, 6) is 0. The van der Waals surface area contributed by atoms with Gasteiger partial charge in [0.05, 0.1) is 0 Å². The lowest BCUT2D eigenvalue weighted by molar-refractivity contribution is 0.112. The molecule has 0 amide bonds. The molecule has 0 fully saturated rings. The molecular formula is C11H16OS. The van der Waals surface area contributed by atoms with Crippen LogP contribution in [0.4, 0.5) is 0 Å². The molecule has 1 heterocycles. The highest BCUT2D eigenvalue weighted by molar-refractivity contribution is 7.10. The molecule has 0 aliphatic heterocycles. The van der Waals surface area contributed by atoms with E-state index < -0.39 is 0 Å². The van der Waals surface area contributed by atoms with Crippen molar-refractivity contribution in [3.63, 3.8) is 0 Å². The van der Waals surface area contributed by atoms with E-state index in [-0.39, 0.29) is 0 Å². The fraction of sp³-hybridized carbons (Fsp3) is 0.545. The number of thiophene rings is 1. The van der Waals surface area contributed by atoms with Crippen LogP contribution in [0.3, 0.4) is 0 Å². The summed E-state index contributed by atoms with van der Waals surface area (Å²) in [7, 11) is 0. The fourth-order valence-corrected chi connectivity index (χ4v) is 2.26. The summed E-state index contributed by atoms with van der Waals surface area (Å²) in [5, 5.41) is 2.00. The van der Waals surface area contributed by atoms with Crippen LogP contribution in [0.1, 0.15) is 47.8 Å². The van der Waals surface area contributed by atoms with Crippen molar-refractivity contribution in [1.29, 1.82) is 0 Å². The van der Waals surface area contributed by atoms with E-state index in [1.165, 1.54) is 30.6 Å². The molecule has 1 rings (SSSR count). The predicted molar refractivity (Wildman–Crippen MR) is 57.6 cm³/mol. The molecule has 0 radical (unpaired) electrons. The molecular weight excluding hydrogens is 180 g/mol. The highest BCUT2D eigenvalue weighted by Crippen LogP contribution is 2.18. The van der Waals surface area contributed by atoms with E-state index >= 15 is 0 Å². The molecule has 0 aliphatic rings. The van der Waals surface area contributed by atoms with Crippen molar-refractivity contribution in [1.82, 2.24) is 0 Å². The maximum absolute atomic E-state index is 10.6. The fourth-order valence-electron chi connectivity index (χ4n) is 1.37. The lowest BCUT2D eigenvalue weighted by atomic mass is 10.1. The van der Waals surface area contributed by atoms with E-state index in [1.54, 1.807) is 11.3 Å². The third kappa shape index (κ3) is 3.31. The van der Waals surface area contributed by atoms with Crippen LogP contribution in [0.15, 0.2) is 11.4 Å². The molecule has 0 aliphatic carbocycles. The molecule has 0 unspecified atom stereocenters. The van der Waals surface area contributed by atoms with Crippen molar-refractivity contribution in [2.24, 2.45) is 0 Å². The second kappa shape index (κ2) is 5.92. The highest BCUT2D eigenvalue weighted by Gasteiger charge is 2.01. The van der Waals surface area contributed by atoms with Gasteiger partial charge in [-0.25, -0.2) is 0 Å². The topological polar surface area (TPSA) is 17.1 Å². The number of aldehydes is 1. The molecule has 0 N–H and O–H groups in total. The molecule has 1 nitrogen and oxygen atoms in total. The minimum Gasteiger partial charge on any atom is -0.298 e. The summed E-state index contributed by atoms with van der Waals surface area (Å²) in [5.41, 5.74) is 0.890. The zero-order valence-corrected chi connectivity index (χ0v) is 8.90. The maximum Gasteiger partial charge on any atom is 0.151 e. The van der Waals surface area contributed by atoms with Crippen LogP contribution in [-0.4, -0.2) is 6.29 Å². The molecule has 0 aromatic carbocycles. The molecule has 2 heteroatoms. The van der Waals surface area contributed by atoms with Gasteiger partial charge in [0.2, 0.25) is 0 Å². The first kappa shape index (κ1) is 10.5. The number of aryl methyl sites for hydroxylation is 1. The Morgan fingerprint density at radius 3 is 2.92 bits per heavy atom. The number of carbonyl (C=O) groups excluding carboxylic acids is 1. The minimum absolute atomic E-state index is 0.890. The summed E-state index contributed by atoms with van der Waals surface area (Å²) in [6.07, 6.45) is 7.12. The second-order valence-corrected chi connectivity index (χ2v) is 4.23. The quantitative estimate of drug-likeness (QED) is 0.501. The van der Waals surface area contributed by atoms with Gasteiger partial charge in [0.15, 0.2) is 6.29 Å². The van der Waals surface area contributed by atoms with Gasteiger partial charge in [-0.15, -0.1) is 11.3 Å². The van der Waals surface area contributed by atoms with Gasteiger partial charge in [-0.3, -0.25) is 4.79 Å². The average Bonchev–Trinajstić information content (AvgIpc) is 2.60. The van der Waals surface area contributed by atoms with Crippen molar-refractivity contribution in [2.75, 3.05) is 0 Å². The molecule has 1 aromatic rings. The van der Waals surface area contributed by atoms with Crippen LogP contribution in [0.25, 0.3) is 0 Å². The van der Waals surface area contributed by atoms with Gasteiger partial charge < -0.3 is 0 Å². The van der Waals surface area contributed by atoms with E-state index in [4.69, 9.17) is 0 Å². The van der Waals surface area contributed by atoms with Crippen molar-refractivity contribution >= 4 is 17.6 Å². The number of hydrogen-bond acceptors (Lipinski definition) is 2. The van der Waals surface area contributed by atoms with Crippen molar-refractivity contribution < 1.29 is 4.79 Å². The summed E-state index contributed by atoms with van der Waals surface area (Å²) in [6, 6.07) is 1.91. The number of rotatable bonds is 6. The first-order valence-electron chi connectivity index (χ1n) is 4.90. The van der Waals surface area contributed by atoms with Gasteiger partial charge >= 0.3 is 0 Å². The molecule has 72 valence electrons. The molecule has 1 aromatic heterocycles. The smallest absolute Gasteiger partial charge is 0.151 e. The van der Waals surface area contributed by atoms with Gasteiger partial charge in [-0.05, 0) is 24.3 Å². The maximum atomic E-state index is 10.6. The normalized spacial score (nSPS) is 10.2. The zero-order chi connectivity index (χ0) is 9.52. The number of unbranched alkanes of at least 4 members (excludes halogenated alkanes) is 3. The summed E-state index contributed by atoms with van der Waals surface area (Å²) in [6.45, 7) is 2.21. The van der Waals surface area contributed by atoms with Crippen LogP contribution in [0.5, 0.6) is 0 Å². The van der Waals surface area contributed by atoms with Crippen molar-refractivity contribution in [3.05, 3.63) is 21.9 Å². The molecule has 0 atom stereocenters. The standard InChI is InChI=1S/C11H16OS/c1-2-3-4-5-6-11-10(9-12)7-8-13-11/h7-9H,2-6H2,1H3. The van der Waals surface area contributed by atoms with Crippen LogP contribution in [0, 0.1) is 0 Å². The van der Waals surface area contributed by atoms with Crippen LogP contribution >= 0.6 is 11.3 Å². The van der Waals surface area contributed by atoms with Crippen LogP contribution in [0.2, 0.25) is 0 Å².